The van der Waals surface area contributed by atoms with Gasteiger partial charge in [-0.25, -0.2) is 17.6 Å². The predicted octanol–water partition coefficient (Wildman–Crippen LogP) is 4.11. The molecule has 3 aromatic rings. The summed E-state index contributed by atoms with van der Waals surface area (Å²) in [4.78, 5) is 11.2. The van der Waals surface area contributed by atoms with Gasteiger partial charge in [0, 0.05) is 0 Å². The second-order valence-electron chi connectivity index (χ2n) is 6.18. The molecule has 0 heterocycles. The van der Waals surface area contributed by atoms with Gasteiger partial charge in [0.05, 0.1) is 16.1 Å². The number of anilines is 1. The smallest absolute Gasteiger partial charge is 0.335 e. The fourth-order valence-corrected chi connectivity index (χ4v) is 4.02. The number of rotatable bonds is 7. The van der Waals surface area contributed by atoms with Crippen LogP contribution in [-0.4, -0.2) is 19.5 Å². The number of carboxylic acid groups (broad SMARTS) is 1. The molecule has 0 bridgehead atoms. The third kappa shape index (κ3) is 4.55. The Bertz CT molecular complexity index is 1110. The standard InChI is InChI=1S/C21H18FNO4S/c22-17-8-5-9-18(14-17)28(26,27)23-20-11-4-2-7-16(20)13-12-15-6-1-3-10-19(15)21(24)25/h1-11,14,23H,12-13H2,(H,24,25). The van der Waals surface area contributed by atoms with Gasteiger partial charge in [0.25, 0.3) is 10.0 Å². The Kier molecular flexibility index (Phi) is 5.75. The topological polar surface area (TPSA) is 83.5 Å². The van der Waals surface area contributed by atoms with Gasteiger partial charge in [-0.15, -0.1) is 0 Å². The van der Waals surface area contributed by atoms with Crippen LogP contribution in [0.15, 0.2) is 77.7 Å². The van der Waals surface area contributed by atoms with Gasteiger partial charge in [-0.05, 0) is 54.3 Å². The summed E-state index contributed by atoms with van der Waals surface area (Å²) >= 11 is 0. The molecule has 28 heavy (non-hydrogen) atoms. The predicted molar refractivity (Wildman–Crippen MR) is 104 cm³/mol. The summed E-state index contributed by atoms with van der Waals surface area (Å²) in [5, 5.41) is 9.30. The van der Waals surface area contributed by atoms with E-state index in [-0.39, 0.29) is 10.5 Å². The molecule has 144 valence electrons. The molecule has 0 saturated heterocycles. The Morgan fingerprint density at radius 2 is 1.54 bits per heavy atom. The number of sulfonamides is 1. The van der Waals surface area contributed by atoms with Gasteiger partial charge >= 0.3 is 5.97 Å². The molecule has 2 N–H and O–H groups in total. The van der Waals surface area contributed by atoms with E-state index in [1.807, 2.05) is 0 Å². The highest BCUT2D eigenvalue weighted by Crippen LogP contribution is 2.23. The Morgan fingerprint density at radius 1 is 0.893 bits per heavy atom. The molecule has 3 rings (SSSR count). The Labute approximate surface area is 162 Å². The van der Waals surface area contributed by atoms with Crippen molar-refractivity contribution >= 4 is 21.7 Å². The lowest BCUT2D eigenvalue weighted by molar-refractivity contribution is 0.0695. The number of hydrogen-bond donors (Lipinski definition) is 2. The molecule has 0 aromatic heterocycles. The normalized spacial score (nSPS) is 11.2. The van der Waals surface area contributed by atoms with E-state index in [1.165, 1.54) is 24.3 Å². The molecule has 0 amide bonds. The summed E-state index contributed by atoms with van der Waals surface area (Å²) in [6.45, 7) is 0. The molecule has 0 spiro atoms. The lowest BCUT2D eigenvalue weighted by Crippen LogP contribution is -2.14. The van der Waals surface area contributed by atoms with Gasteiger partial charge in [-0.2, -0.15) is 0 Å². The van der Waals surface area contributed by atoms with Crippen molar-refractivity contribution in [3.63, 3.8) is 0 Å². The van der Waals surface area contributed by atoms with Crippen LogP contribution in [0.3, 0.4) is 0 Å². The fraction of sp³-hybridized carbons (Fsp3) is 0.0952. The molecular formula is C21H18FNO4S. The SMILES string of the molecule is O=C(O)c1ccccc1CCc1ccccc1NS(=O)(=O)c1cccc(F)c1. The van der Waals surface area contributed by atoms with Crippen molar-refractivity contribution in [2.24, 2.45) is 0 Å². The van der Waals surface area contributed by atoms with Crippen LogP contribution in [-0.2, 0) is 22.9 Å². The van der Waals surface area contributed by atoms with E-state index in [2.05, 4.69) is 4.72 Å². The second kappa shape index (κ2) is 8.22. The highest BCUT2D eigenvalue weighted by Gasteiger charge is 2.17. The van der Waals surface area contributed by atoms with E-state index in [9.17, 15) is 22.7 Å². The summed E-state index contributed by atoms with van der Waals surface area (Å²) in [7, 11) is -3.95. The molecule has 3 aromatic carbocycles. The monoisotopic (exact) mass is 399 g/mol. The molecule has 5 nitrogen and oxygen atoms in total. The average Bonchev–Trinajstić information content (AvgIpc) is 2.67. The van der Waals surface area contributed by atoms with E-state index >= 15 is 0 Å². The lowest BCUT2D eigenvalue weighted by Gasteiger charge is -2.13. The van der Waals surface area contributed by atoms with Crippen LogP contribution in [0.25, 0.3) is 0 Å². The van der Waals surface area contributed by atoms with Crippen LogP contribution in [0.4, 0.5) is 10.1 Å². The maximum Gasteiger partial charge on any atom is 0.335 e. The molecule has 0 aliphatic rings. The van der Waals surface area contributed by atoms with Gasteiger partial charge in [0.2, 0.25) is 0 Å². The summed E-state index contributed by atoms with van der Waals surface area (Å²) in [6.07, 6.45) is 0.868. The third-order valence-electron chi connectivity index (χ3n) is 4.28. The van der Waals surface area contributed by atoms with Crippen molar-refractivity contribution < 1.29 is 22.7 Å². The zero-order chi connectivity index (χ0) is 20.1. The van der Waals surface area contributed by atoms with Crippen LogP contribution >= 0.6 is 0 Å². The first kappa shape index (κ1) is 19.6. The third-order valence-corrected chi connectivity index (χ3v) is 5.64. The number of aromatic carboxylic acids is 1. The van der Waals surface area contributed by atoms with Crippen LogP contribution in [0.5, 0.6) is 0 Å². The number of nitrogens with one attached hydrogen (secondary N) is 1. The van der Waals surface area contributed by atoms with Crippen LogP contribution in [0.1, 0.15) is 21.5 Å². The summed E-state index contributed by atoms with van der Waals surface area (Å²) < 4.78 is 41.0. The number of benzene rings is 3. The average molecular weight is 399 g/mol. The molecule has 0 fully saturated rings. The van der Waals surface area contributed by atoms with E-state index in [0.717, 1.165) is 6.07 Å². The molecular weight excluding hydrogens is 381 g/mol. The van der Waals surface area contributed by atoms with E-state index in [0.29, 0.717) is 29.7 Å². The Balaban J connectivity index is 1.83. The summed E-state index contributed by atoms with van der Waals surface area (Å²) in [5.41, 5.74) is 1.97. The van der Waals surface area contributed by atoms with Crippen molar-refractivity contribution in [1.29, 1.82) is 0 Å². The number of halogens is 1. The quantitative estimate of drug-likeness (QED) is 0.626. The molecule has 0 atom stereocenters. The molecule has 0 saturated carbocycles. The largest absolute Gasteiger partial charge is 0.478 e. The summed E-state index contributed by atoms with van der Waals surface area (Å²) in [5.74, 6) is -1.64. The van der Waals surface area contributed by atoms with Gasteiger partial charge in [-0.1, -0.05) is 42.5 Å². The highest BCUT2D eigenvalue weighted by atomic mass is 32.2. The van der Waals surface area contributed by atoms with Crippen molar-refractivity contribution in [3.8, 4) is 0 Å². The number of para-hydroxylation sites is 1. The minimum Gasteiger partial charge on any atom is -0.478 e. The van der Waals surface area contributed by atoms with Crippen molar-refractivity contribution in [2.75, 3.05) is 4.72 Å². The van der Waals surface area contributed by atoms with Gasteiger partial charge in [0.15, 0.2) is 0 Å². The van der Waals surface area contributed by atoms with Crippen molar-refractivity contribution in [2.45, 2.75) is 17.7 Å². The first-order valence-corrected chi connectivity index (χ1v) is 10.0. The lowest BCUT2D eigenvalue weighted by atomic mass is 9.99. The van der Waals surface area contributed by atoms with Gasteiger partial charge in [0.1, 0.15) is 5.82 Å². The number of carbonyl (C=O) groups is 1. The molecule has 0 unspecified atom stereocenters. The number of aryl methyl sites for hydroxylation is 2. The zero-order valence-corrected chi connectivity index (χ0v) is 15.6. The van der Waals surface area contributed by atoms with Gasteiger partial charge < -0.3 is 5.11 Å². The van der Waals surface area contributed by atoms with Crippen LogP contribution < -0.4 is 4.72 Å². The highest BCUT2D eigenvalue weighted by molar-refractivity contribution is 7.92. The van der Waals surface area contributed by atoms with E-state index in [4.69, 9.17) is 0 Å². The fourth-order valence-electron chi connectivity index (χ4n) is 2.89. The first-order valence-electron chi connectivity index (χ1n) is 8.54. The minimum atomic E-state index is -3.95. The van der Waals surface area contributed by atoms with E-state index in [1.54, 1.807) is 42.5 Å². The maximum absolute atomic E-state index is 13.4. The minimum absolute atomic E-state index is 0.168. The molecule has 0 radical (unpaired) electrons. The zero-order valence-electron chi connectivity index (χ0n) is 14.8. The number of hydrogen-bond acceptors (Lipinski definition) is 3. The Hall–Kier alpha value is -3.19. The van der Waals surface area contributed by atoms with Gasteiger partial charge in [-0.3, -0.25) is 4.72 Å². The van der Waals surface area contributed by atoms with Crippen molar-refractivity contribution in [1.82, 2.24) is 0 Å². The first-order chi connectivity index (χ1) is 13.4. The van der Waals surface area contributed by atoms with Crippen molar-refractivity contribution in [3.05, 3.63) is 95.3 Å². The molecule has 0 aliphatic carbocycles. The van der Waals surface area contributed by atoms with E-state index < -0.39 is 21.8 Å². The van der Waals surface area contributed by atoms with Crippen LogP contribution in [0, 0.1) is 5.82 Å². The molecule has 0 aliphatic heterocycles. The molecule has 7 heteroatoms. The second-order valence-corrected chi connectivity index (χ2v) is 7.86. The number of carboxylic acids is 1. The maximum atomic E-state index is 13.4. The summed E-state index contributed by atoms with van der Waals surface area (Å²) in [6, 6.07) is 18.3. The Morgan fingerprint density at radius 3 is 2.25 bits per heavy atom. The van der Waals surface area contributed by atoms with Crippen LogP contribution in [0.2, 0.25) is 0 Å².